The first-order chi connectivity index (χ1) is 7.90. The minimum atomic E-state index is 0.709. The Kier molecular flexibility index (Phi) is 4.34. The Morgan fingerprint density at radius 1 is 1.44 bits per heavy atom. The van der Waals surface area contributed by atoms with Crippen molar-refractivity contribution in [2.45, 2.75) is 45.1 Å². The first-order valence-electron chi connectivity index (χ1n) is 6.53. The molecule has 1 aromatic rings. The predicted molar refractivity (Wildman–Crippen MR) is 67.4 cm³/mol. The molecule has 1 N–H and O–H groups in total. The van der Waals surface area contributed by atoms with Crippen LogP contribution in [0.5, 0.6) is 0 Å². The van der Waals surface area contributed by atoms with Crippen molar-refractivity contribution < 1.29 is 0 Å². The maximum atomic E-state index is 4.39. The minimum Gasteiger partial charge on any atom is -0.314 e. The second-order valence-electron chi connectivity index (χ2n) is 4.71. The molecule has 1 unspecified atom stereocenters. The number of nitrogens with one attached hydrogen (secondary N) is 1. The van der Waals surface area contributed by atoms with E-state index in [1.54, 1.807) is 0 Å². The smallest absolute Gasteiger partial charge is 0.0404 e. The third-order valence-electron chi connectivity index (χ3n) is 3.62. The lowest BCUT2D eigenvalue weighted by molar-refractivity contribution is 0.221. The van der Waals surface area contributed by atoms with Crippen LogP contribution in [0.4, 0.5) is 0 Å². The van der Waals surface area contributed by atoms with E-state index in [4.69, 9.17) is 0 Å². The SMILES string of the molecule is CCNC(CCc1ccccn1)C1CCC1. The highest BCUT2D eigenvalue weighted by Gasteiger charge is 2.26. The lowest BCUT2D eigenvalue weighted by Gasteiger charge is -2.34. The lowest BCUT2D eigenvalue weighted by atomic mass is 9.78. The van der Waals surface area contributed by atoms with Crippen molar-refractivity contribution in [3.8, 4) is 0 Å². The summed E-state index contributed by atoms with van der Waals surface area (Å²) in [6.45, 7) is 3.29. The topological polar surface area (TPSA) is 24.9 Å². The Morgan fingerprint density at radius 2 is 2.31 bits per heavy atom. The van der Waals surface area contributed by atoms with E-state index >= 15 is 0 Å². The third-order valence-corrected chi connectivity index (χ3v) is 3.62. The molecule has 1 aliphatic carbocycles. The fraction of sp³-hybridized carbons (Fsp3) is 0.643. The molecule has 0 radical (unpaired) electrons. The zero-order valence-corrected chi connectivity index (χ0v) is 10.2. The summed E-state index contributed by atoms with van der Waals surface area (Å²) >= 11 is 0. The second kappa shape index (κ2) is 6.00. The second-order valence-corrected chi connectivity index (χ2v) is 4.71. The molecule has 2 heteroatoms. The molecule has 0 amide bonds. The number of rotatable bonds is 6. The van der Waals surface area contributed by atoms with Crippen LogP contribution in [-0.2, 0) is 6.42 Å². The molecule has 1 saturated carbocycles. The maximum Gasteiger partial charge on any atom is 0.0404 e. The first-order valence-corrected chi connectivity index (χ1v) is 6.53. The Labute approximate surface area is 98.5 Å². The summed E-state index contributed by atoms with van der Waals surface area (Å²) in [6.07, 6.45) is 8.49. The fourth-order valence-electron chi connectivity index (χ4n) is 2.46. The van der Waals surface area contributed by atoms with E-state index in [0.29, 0.717) is 6.04 Å². The van der Waals surface area contributed by atoms with Gasteiger partial charge in [-0.15, -0.1) is 0 Å². The summed E-state index contributed by atoms with van der Waals surface area (Å²) in [7, 11) is 0. The van der Waals surface area contributed by atoms with Crippen molar-refractivity contribution in [2.75, 3.05) is 6.54 Å². The Balaban J connectivity index is 1.81. The van der Waals surface area contributed by atoms with Crippen molar-refractivity contribution in [2.24, 2.45) is 5.92 Å². The highest BCUT2D eigenvalue weighted by molar-refractivity contribution is 5.04. The number of aromatic nitrogens is 1. The highest BCUT2D eigenvalue weighted by Crippen LogP contribution is 2.31. The summed E-state index contributed by atoms with van der Waals surface area (Å²) in [6, 6.07) is 6.90. The van der Waals surface area contributed by atoms with Crippen molar-refractivity contribution >= 4 is 0 Å². The molecule has 2 nitrogen and oxygen atoms in total. The summed E-state index contributed by atoms with van der Waals surface area (Å²) in [5.74, 6) is 0.920. The van der Waals surface area contributed by atoms with E-state index in [-0.39, 0.29) is 0 Å². The van der Waals surface area contributed by atoms with Gasteiger partial charge in [0.1, 0.15) is 0 Å². The number of nitrogens with zero attached hydrogens (tertiary/aromatic N) is 1. The molecule has 2 rings (SSSR count). The molecule has 1 aromatic heterocycles. The van der Waals surface area contributed by atoms with Gasteiger partial charge in [-0.05, 0) is 50.3 Å². The molecule has 0 aromatic carbocycles. The Bertz CT molecular complexity index is 293. The number of hydrogen-bond donors (Lipinski definition) is 1. The van der Waals surface area contributed by atoms with E-state index in [0.717, 1.165) is 18.9 Å². The summed E-state index contributed by atoms with van der Waals surface area (Å²) < 4.78 is 0. The summed E-state index contributed by atoms with van der Waals surface area (Å²) in [5, 5.41) is 3.63. The minimum absolute atomic E-state index is 0.709. The molecular formula is C14H22N2. The maximum absolute atomic E-state index is 4.39. The van der Waals surface area contributed by atoms with E-state index < -0.39 is 0 Å². The van der Waals surface area contributed by atoms with Crippen molar-refractivity contribution in [1.29, 1.82) is 0 Å². The van der Waals surface area contributed by atoms with Gasteiger partial charge in [-0.3, -0.25) is 4.98 Å². The molecular weight excluding hydrogens is 196 g/mol. The molecule has 1 atom stereocenters. The summed E-state index contributed by atoms with van der Waals surface area (Å²) in [5.41, 5.74) is 1.23. The van der Waals surface area contributed by atoms with Crippen LogP contribution >= 0.6 is 0 Å². The van der Waals surface area contributed by atoms with Crippen LogP contribution in [-0.4, -0.2) is 17.6 Å². The van der Waals surface area contributed by atoms with Gasteiger partial charge in [0.25, 0.3) is 0 Å². The fourth-order valence-corrected chi connectivity index (χ4v) is 2.46. The molecule has 1 fully saturated rings. The van der Waals surface area contributed by atoms with Gasteiger partial charge in [0.05, 0.1) is 0 Å². The average molecular weight is 218 g/mol. The summed E-state index contributed by atoms with van der Waals surface area (Å²) in [4.78, 5) is 4.39. The van der Waals surface area contributed by atoms with Crippen molar-refractivity contribution in [3.05, 3.63) is 30.1 Å². The molecule has 16 heavy (non-hydrogen) atoms. The van der Waals surface area contributed by atoms with Crippen molar-refractivity contribution in [1.82, 2.24) is 10.3 Å². The standard InChI is InChI=1S/C14H22N2/c1-2-15-14(12-6-5-7-12)10-9-13-8-3-4-11-16-13/h3-4,8,11-12,14-15H,2,5-7,9-10H2,1H3. The van der Waals surface area contributed by atoms with Crippen molar-refractivity contribution in [3.63, 3.8) is 0 Å². The number of pyridine rings is 1. The van der Waals surface area contributed by atoms with Gasteiger partial charge in [0.2, 0.25) is 0 Å². The third kappa shape index (κ3) is 3.05. The van der Waals surface area contributed by atoms with Crippen LogP contribution < -0.4 is 5.32 Å². The van der Waals surface area contributed by atoms with Crippen LogP contribution in [0, 0.1) is 5.92 Å². The van der Waals surface area contributed by atoms with Gasteiger partial charge < -0.3 is 5.32 Å². The molecule has 0 spiro atoms. The molecule has 0 bridgehead atoms. The normalized spacial score (nSPS) is 18.1. The van der Waals surface area contributed by atoms with Gasteiger partial charge in [0, 0.05) is 17.9 Å². The number of aryl methyl sites for hydroxylation is 1. The van der Waals surface area contributed by atoms with E-state index in [1.165, 1.54) is 31.4 Å². The van der Waals surface area contributed by atoms with Crippen LogP contribution in [0.1, 0.15) is 38.3 Å². The highest BCUT2D eigenvalue weighted by atomic mass is 14.9. The largest absolute Gasteiger partial charge is 0.314 e. The van der Waals surface area contributed by atoms with Crippen LogP contribution in [0.2, 0.25) is 0 Å². The average Bonchev–Trinajstić information content (AvgIpc) is 2.25. The van der Waals surface area contributed by atoms with E-state index in [1.807, 2.05) is 12.3 Å². The lowest BCUT2D eigenvalue weighted by Crippen LogP contribution is -2.39. The molecule has 0 aliphatic heterocycles. The number of hydrogen-bond acceptors (Lipinski definition) is 2. The molecule has 1 heterocycles. The van der Waals surface area contributed by atoms with Gasteiger partial charge in [-0.1, -0.05) is 19.4 Å². The zero-order chi connectivity index (χ0) is 11.2. The van der Waals surface area contributed by atoms with Crippen LogP contribution in [0.25, 0.3) is 0 Å². The zero-order valence-electron chi connectivity index (χ0n) is 10.2. The van der Waals surface area contributed by atoms with E-state index in [2.05, 4.69) is 29.4 Å². The Hall–Kier alpha value is -0.890. The monoisotopic (exact) mass is 218 g/mol. The molecule has 1 aliphatic rings. The van der Waals surface area contributed by atoms with Gasteiger partial charge in [-0.2, -0.15) is 0 Å². The molecule has 88 valence electrons. The van der Waals surface area contributed by atoms with Gasteiger partial charge >= 0.3 is 0 Å². The van der Waals surface area contributed by atoms with Gasteiger partial charge in [0.15, 0.2) is 0 Å². The predicted octanol–water partition coefficient (Wildman–Crippen LogP) is 2.79. The van der Waals surface area contributed by atoms with Gasteiger partial charge in [-0.25, -0.2) is 0 Å². The van der Waals surface area contributed by atoms with Crippen LogP contribution in [0.15, 0.2) is 24.4 Å². The van der Waals surface area contributed by atoms with E-state index in [9.17, 15) is 0 Å². The quantitative estimate of drug-likeness (QED) is 0.794. The Morgan fingerprint density at radius 3 is 2.88 bits per heavy atom. The molecule has 0 saturated heterocycles. The van der Waals surface area contributed by atoms with Crippen LogP contribution in [0.3, 0.4) is 0 Å². The first kappa shape index (κ1) is 11.6.